The van der Waals surface area contributed by atoms with Gasteiger partial charge in [-0.3, -0.25) is 14.3 Å². The number of likely N-dealkylation sites (tertiary alicyclic amines) is 1. The average molecular weight is 567 g/mol. The van der Waals surface area contributed by atoms with Crippen LogP contribution in [0.3, 0.4) is 0 Å². The van der Waals surface area contributed by atoms with Gasteiger partial charge in [0.25, 0.3) is 5.91 Å². The van der Waals surface area contributed by atoms with E-state index in [1.54, 1.807) is 23.7 Å². The third kappa shape index (κ3) is 6.01. The number of methoxy groups -OCH3 is 1. The van der Waals surface area contributed by atoms with Crippen molar-refractivity contribution in [1.82, 2.24) is 20.0 Å². The molecule has 0 spiro atoms. The summed E-state index contributed by atoms with van der Waals surface area (Å²) in [6, 6.07) is 24.7. The number of ether oxygens (including phenoxy) is 3. The average Bonchev–Trinajstić information content (AvgIpc) is 3.40. The molecule has 42 heavy (non-hydrogen) atoms. The molecule has 1 fully saturated rings. The summed E-state index contributed by atoms with van der Waals surface area (Å²) >= 11 is 0. The number of nitrogens with zero attached hydrogens (tertiary/aromatic N) is 3. The lowest BCUT2D eigenvalue weighted by molar-refractivity contribution is -0.124. The zero-order valence-electron chi connectivity index (χ0n) is 23.8. The maximum absolute atomic E-state index is 13.7. The smallest absolute Gasteiger partial charge is 0.272 e. The topological polar surface area (TPSA) is 94.9 Å². The summed E-state index contributed by atoms with van der Waals surface area (Å²) in [4.78, 5) is 28.6. The molecule has 2 aliphatic heterocycles. The molecular weight excluding hydrogens is 532 g/mol. The van der Waals surface area contributed by atoms with Gasteiger partial charge in [-0.2, -0.15) is 5.10 Å². The molecule has 216 valence electrons. The fourth-order valence-corrected chi connectivity index (χ4v) is 5.55. The van der Waals surface area contributed by atoms with Crippen molar-refractivity contribution in [3.8, 4) is 28.5 Å². The summed E-state index contributed by atoms with van der Waals surface area (Å²) in [7, 11) is 3.39. The number of hydrogen-bond donors (Lipinski definition) is 1. The molecule has 2 atom stereocenters. The largest absolute Gasteiger partial charge is 0.493 e. The number of piperidine rings is 1. The van der Waals surface area contributed by atoms with Gasteiger partial charge in [-0.25, -0.2) is 0 Å². The molecule has 2 aliphatic rings. The maximum Gasteiger partial charge on any atom is 0.272 e. The van der Waals surface area contributed by atoms with Gasteiger partial charge in [-0.1, -0.05) is 48.5 Å². The van der Waals surface area contributed by atoms with Crippen LogP contribution in [0.4, 0.5) is 0 Å². The molecule has 6 rings (SSSR count). The lowest BCUT2D eigenvalue weighted by atomic mass is 10.0. The number of amides is 2. The SMILES string of the molecule is COc1ccc2cc1Oc1cccc(c1)CO[C@@H]1CCN(C(=O)c3cc(-c4ccccc4)nn3C)C[C@@H]1NC(=O)CC2. The van der Waals surface area contributed by atoms with Crippen LogP contribution in [0.15, 0.2) is 78.9 Å². The summed E-state index contributed by atoms with van der Waals surface area (Å²) in [5.41, 5.74) is 4.11. The predicted molar refractivity (Wildman–Crippen MR) is 158 cm³/mol. The van der Waals surface area contributed by atoms with Crippen LogP contribution in [0.2, 0.25) is 0 Å². The molecule has 3 heterocycles. The van der Waals surface area contributed by atoms with Gasteiger partial charge >= 0.3 is 0 Å². The molecule has 4 bridgehead atoms. The van der Waals surface area contributed by atoms with Gasteiger partial charge in [-0.15, -0.1) is 0 Å². The van der Waals surface area contributed by atoms with E-state index in [0.29, 0.717) is 61.9 Å². The van der Waals surface area contributed by atoms with Crippen LogP contribution >= 0.6 is 0 Å². The van der Waals surface area contributed by atoms with Crippen molar-refractivity contribution >= 4 is 11.8 Å². The van der Waals surface area contributed by atoms with E-state index in [1.807, 2.05) is 78.9 Å². The summed E-state index contributed by atoms with van der Waals surface area (Å²) < 4.78 is 19.7. The third-order valence-electron chi connectivity index (χ3n) is 7.81. The van der Waals surface area contributed by atoms with Gasteiger partial charge < -0.3 is 24.4 Å². The Hall–Kier alpha value is -4.63. The number of aryl methyl sites for hydroxylation is 2. The molecule has 9 heteroatoms. The van der Waals surface area contributed by atoms with Gasteiger partial charge in [0.1, 0.15) is 11.4 Å². The Morgan fingerprint density at radius 2 is 1.86 bits per heavy atom. The van der Waals surface area contributed by atoms with Crippen LogP contribution in [0.1, 0.15) is 34.5 Å². The number of carbonyl (C=O) groups is 2. The Kier molecular flexibility index (Phi) is 7.92. The van der Waals surface area contributed by atoms with Crippen molar-refractivity contribution in [3.05, 3.63) is 95.7 Å². The molecule has 3 aromatic carbocycles. The Morgan fingerprint density at radius 1 is 1.00 bits per heavy atom. The molecule has 1 saturated heterocycles. The van der Waals surface area contributed by atoms with E-state index < -0.39 is 0 Å². The van der Waals surface area contributed by atoms with Crippen molar-refractivity contribution in [2.75, 3.05) is 20.2 Å². The van der Waals surface area contributed by atoms with Crippen LogP contribution in [-0.4, -0.2) is 58.8 Å². The summed E-state index contributed by atoms with van der Waals surface area (Å²) in [6.45, 7) is 1.20. The lowest BCUT2D eigenvalue weighted by Crippen LogP contribution is -2.57. The van der Waals surface area contributed by atoms with E-state index in [9.17, 15) is 9.59 Å². The lowest BCUT2D eigenvalue weighted by Gasteiger charge is -2.38. The van der Waals surface area contributed by atoms with Crippen molar-refractivity contribution in [1.29, 1.82) is 0 Å². The van der Waals surface area contributed by atoms with Crippen molar-refractivity contribution < 1.29 is 23.8 Å². The number of hydrogen-bond acceptors (Lipinski definition) is 6. The molecule has 0 saturated carbocycles. The van der Waals surface area contributed by atoms with E-state index in [2.05, 4.69) is 10.4 Å². The van der Waals surface area contributed by atoms with E-state index in [0.717, 1.165) is 22.4 Å². The van der Waals surface area contributed by atoms with Gasteiger partial charge in [-0.05, 0) is 54.3 Å². The molecule has 1 N–H and O–H groups in total. The van der Waals surface area contributed by atoms with E-state index in [4.69, 9.17) is 14.2 Å². The second-order valence-corrected chi connectivity index (χ2v) is 10.7. The Balaban J connectivity index is 1.23. The molecule has 0 unspecified atom stereocenters. The van der Waals surface area contributed by atoms with Crippen molar-refractivity contribution in [3.63, 3.8) is 0 Å². The summed E-state index contributed by atoms with van der Waals surface area (Å²) in [5, 5.41) is 7.75. The van der Waals surface area contributed by atoms with E-state index in [-0.39, 0.29) is 24.0 Å². The summed E-state index contributed by atoms with van der Waals surface area (Å²) in [5.74, 6) is 1.68. The molecule has 0 radical (unpaired) electrons. The minimum atomic E-state index is -0.354. The Bertz CT molecular complexity index is 1580. The number of carbonyl (C=O) groups excluding carboxylic acids is 2. The second kappa shape index (κ2) is 12.1. The van der Waals surface area contributed by atoms with Gasteiger partial charge in [0, 0.05) is 32.1 Å². The minimum Gasteiger partial charge on any atom is -0.493 e. The number of rotatable bonds is 3. The summed E-state index contributed by atoms with van der Waals surface area (Å²) in [6.07, 6.45) is 1.16. The number of nitrogens with one attached hydrogen (secondary N) is 1. The van der Waals surface area contributed by atoms with Crippen LogP contribution < -0.4 is 14.8 Å². The van der Waals surface area contributed by atoms with Crippen LogP contribution in [-0.2, 0) is 29.6 Å². The highest BCUT2D eigenvalue weighted by Crippen LogP contribution is 2.33. The highest BCUT2D eigenvalue weighted by Gasteiger charge is 2.34. The molecule has 1 aromatic heterocycles. The first kappa shape index (κ1) is 27.5. The van der Waals surface area contributed by atoms with Crippen molar-refractivity contribution in [2.24, 2.45) is 7.05 Å². The zero-order chi connectivity index (χ0) is 29.1. The molecule has 4 aromatic rings. The molecular formula is C33H34N4O5. The fraction of sp³-hybridized carbons (Fsp3) is 0.303. The van der Waals surface area contributed by atoms with Crippen LogP contribution in [0.25, 0.3) is 11.3 Å². The molecule has 2 amide bonds. The first-order chi connectivity index (χ1) is 20.5. The maximum atomic E-state index is 13.7. The predicted octanol–water partition coefficient (Wildman–Crippen LogP) is 4.75. The fourth-order valence-electron chi connectivity index (χ4n) is 5.55. The Labute approximate surface area is 245 Å². The number of benzene rings is 3. The van der Waals surface area contributed by atoms with Crippen LogP contribution in [0, 0.1) is 0 Å². The molecule has 9 nitrogen and oxygen atoms in total. The molecule has 0 aliphatic carbocycles. The van der Waals surface area contributed by atoms with E-state index >= 15 is 0 Å². The Morgan fingerprint density at radius 3 is 2.69 bits per heavy atom. The standard InChI is InChI=1S/C33H34N4O5/c1-36-28(19-26(35-36)24-8-4-3-5-9-24)33(39)37-16-15-29-27(20-37)34-32(38)14-12-22-11-13-30(40-2)31(18-22)42-25-10-6-7-23(17-25)21-41-29/h3-11,13,17-19,27,29H,12,14-16,20-21H2,1-2H3,(H,34,38)/t27-,29+/m0/s1. The van der Waals surface area contributed by atoms with Crippen LogP contribution in [0.5, 0.6) is 17.2 Å². The first-order valence-electron chi connectivity index (χ1n) is 14.2. The highest BCUT2D eigenvalue weighted by atomic mass is 16.5. The van der Waals surface area contributed by atoms with E-state index in [1.165, 1.54) is 0 Å². The number of aromatic nitrogens is 2. The monoisotopic (exact) mass is 566 g/mol. The van der Waals surface area contributed by atoms with Crippen molar-refractivity contribution in [2.45, 2.75) is 38.0 Å². The normalized spacial score (nSPS) is 19.0. The minimum absolute atomic E-state index is 0.0940. The quantitative estimate of drug-likeness (QED) is 0.385. The second-order valence-electron chi connectivity index (χ2n) is 10.7. The highest BCUT2D eigenvalue weighted by molar-refractivity contribution is 5.94. The van der Waals surface area contributed by atoms with Gasteiger partial charge in [0.2, 0.25) is 5.91 Å². The van der Waals surface area contributed by atoms with Gasteiger partial charge in [0.05, 0.1) is 31.6 Å². The third-order valence-corrected chi connectivity index (χ3v) is 7.81. The zero-order valence-corrected chi connectivity index (χ0v) is 23.8. The van der Waals surface area contributed by atoms with Gasteiger partial charge in [0.15, 0.2) is 11.5 Å². The number of fused-ring (bicyclic) bond motifs is 5. The first-order valence-corrected chi connectivity index (χ1v) is 14.2.